The van der Waals surface area contributed by atoms with Crippen molar-refractivity contribution in [2.75, 3.05) is 25.0 Å². The Morgan fingerprint density at radius 3 is 2.94 bits per heavy atom. The number of hydrogen-bond donors (Lipinski definition) is 2. The zero-order valence-electron chi connectivity index (χ0n) is 11.0. The second-order valence-corrected chi connectivity index (χ2v) is 5.41. The molecule has 0 saturated carbocycles. The first-order valence-corrected chi connectivity index (χ1v) is 6.86. The molecule has 0 amide bonds. The van der Waals surface area contributed by atoms with Gasteiger partial charge in [0.05, 0.1) is 6.10 Å². The highest BCUT2D eigenvalue weighted by molar-refractivity contribution is 6.31. The number of aliphatic hydroxyl groups excluding tert-OH is 1. The van der Waals surface area contributed by atoms with Gasteiger partial charge in [-0.25, -0.2) is 0 Å². The monoisotopic (exact) mass is 268 g/mol. The van der Waals surface area contributed by atoms with Gasteiger partial charge in [0.2, 0.25) is 0 Å². The lowest BCUT2D eigenvalue weighted by Gasteiger charge is -2.23. The van der Waals surface area contributed by atoms with E-state index in [4.69, 9.17) is 11.6 Å². The highest BCUT2D eigenvalue weighted by atomic mass is 35.5. The molecule has 1 aromatic carbocycles. The van der Waals surface area contributed by atoms with E-state index in [1.54, 1.807) is 0 Å². The molecule has 2 unspecified atom stereocenters. The van der Waals surface area contributed by atoms with Gasteiger partial charge in [-0.15, -0.1) is 0 Å². The summed E-state index contributed by atoms with van der Waals surface area (Å²) in [4.78, 5) is 2.33. The summed E-state index contributed by atoms with van der Waals surface area (Å²) < 4.78 is 0. The molecule has 0 bridgehead atoms. The Hall–Kier alpha value is -0.770. The van der Waals surface area contributed by atoms with Crippen molar-refractivity contribution in [2.24, 2.45) is 5.92 Å². The van der Waals surface area contributed by atoms with Crippen molar-refractivity contribution in [3.05, 3.63) is 28.8 Å². The molecule has 1 saturated heterocycles. The van der Waals surface area contributed by atoms with Gasteiger partial charge in [0, 0.05) is 41.8 Å². The average molecular weight is 269 g/mol. The van der Waals surface area contributed by atoms with Crippen LogP contribution in [0.25, 0.3) is 0 Å². The van der Waals surface area contributed by atoms with E-state index >= 15 is 0 Å². The van der Waals surface area contributed by atoms with Crippen LogP contribution in [0.15, 0.2) is 18.2 Å². The smallest absolute Gasteiger partial charge is 0.0557 e. The predicted octanol–water partition coefficient (Wildman–Crippen LogP) is 2.27. The number of halogens is 1. The van der Waals surface area contributed by atoms with Crippen molar-refractivity contribution in [1.82, 2.24) is 5.32 Å². The topological polar surface area (TPSA) is 35.5 Å². The molecule has 0 spiro atoms. The van der Waals surface area contributed by atoms with Gasteiger partial charge in [-0.2, -0.15) is 0 Å². The quantitative estimate of drug-likeness (QED) is 0.879. The van der Waals surface area contributed by atoms with Crippen LogP contribution in [0.1, 0.15) is 18.9 Å². The molecule has 1 aromatic rings. The lowest BCUT2D eigenvalue weighted by Crippen LogP contribution is -2.25. The van der Waals surface area contributed by atoms with E-state index in [9.17, 15) is 5.11 Å². The zero-order valence-corrected chi connectivity index (χ0v) is 11.7. The number of rotatable bonds is 4. The van der Waals surface area contributed by atoms with E-state index in [-0.39, 0.29) is 6.10 Å². The molecule has 1 fully saturated rings. The van der Waals surface area contributed by atoms with Crippen molar-refractivity contribution in [3.63, 3.8) is 0 Å². The summed E-state index contributed by atoms with van der Waals surface area (Å²) in [5.41, 5.74) is 2.34. The summed E-state index contributed by atoms with van der Waals surface area (Å²) in [6.45, 7) is 4.55. The van der Waals surface area contributed by atoms with Gasteiger partial charge in [0.25, 0.3) is 0 Å². The van der Waals surface area contributed by atoms with Crippen LogP contribution in [0.3, 0.4) is 0 Å². The van der Waals surface area contributed by atoms with Crippen molar-refractivity contribution in [2.45, 2.75) is 26.0 Å². The molecule has 0 radical (unpaired) electrons. The molecule has 2 rings (SSSR count). The minimum absolute atomic E-state index is 0.234. The molecule has 1 aliphatic heterocycles. The molecule has 2 N–H and O–H groups in total. The van der Waals surface area contributed by atoms with Crippen molar-refractivity contribution in [3.8, 4) is 0 Å². The predicted molar refractivity (Wildman–Crippen MR) is 76.2 cm³/mol. The standard InChI is InChI=1S/C14H21ClN2O/c1-10(18)11-6-7-17(9-11)14-5-3-4-13(15)12(14)8-16-2/h3-5,10-11,16,18H,6-9H2,1-2H3. The summed E-state index contributed by atoms with van der Waals surface area (Å²) in [5.74, 6) is 0.367. The number of anilines is 1. The Morgan fingerprint density at radius 1 is 1.56 bits per heavy atom. The minimum Gasteiger partial charge on any atom is -0.393 e. The second-order valence-electron chi connectivity index (χ2n) is 5.00. The van der Waals surface area contributed by atoms with Crippen LogP contribution in [0.5, 0.6) is 0 Å². The molecule has 1 heterocycles. The maximum absolute atomic E-state index is 9.68. The lowest BCUT2D eigenvalue weighted by atomic mass is 10.0. The summed E-state index contributed by atoms with van der Waals surface area (Å²) in [6, 6.07) is 6.04. The molecule has 100 valence electrons. The number of nitrogens with one attached hydrogen (secondary N) is 1. The van der Waals surface area contributed by atoms with E-state index in [1.807, 2.05) is 26.1 Å². The van der Waals surface area contributed by atoms with E-state index in [2.05, 4.69) is 16.3 Å². The Morgan fingerprint density at radius 2 is 2.33 bits per heavy atom. The summed E-state index contributed by atoms with van der Waals surface area (Å²) >= 11 is 6.27. The third-order valence-corrected chi connectivity index (χ3v) is 4.05. The van der Waals surface area contributed by atoms with Crippen molar-refractivity contribution < 1.29 is 5.11 Å². The molecule has 4 heteroatoms. The van der Waals surface area contributed by atoms with Gasteiger partial charge in [0.15, 0.2) is 0 Å². The maximum atomic E-state index is 9.68. The van der Waals surface area contributed by atoms with Crippen LogP contribution in [0.2, 0.25) is 5.02 Å². The van der Waals surface area contributed by atoms with Crippen LogP contribution in [0, 0.1) is 5.92 Å². The van der Waals surface area contributed by atoms with E-state index in [0.717, 1.165) is 36.6 Å². The molecule has 0 aromatic heterocycles. The zero-order chi connectivity index (χ0) is 13.1. The highest BCUT2D eigenvalue weighted by Crippen LogP contribution is 2.32. The van der Waals surface area contributed by atoms with Crippen LogP contribution >= 0.6 is 11.6 Å². The van der Waals surface area contributed by atoms with Crippen LogP contribution in [-0.2, 0) is 6.54 Å². The number of aliphatic hydroxyl groups is 1. The lowest BCUT2D eigenvalue weighted by molar-refractivity contribution is 0.136. The summed E-state index contributed by atoms with van der Waals surface area (Å²) in [5, 5.41) is 13.6. The van der Waals surface area contributed by atoms with Crippen molar-refractivity contribution in [1.29, 1.82) is 0 Å². The Labute approximate surface area is 114 Å². The Bertz CT molecular complexity index is 409. The SMILES string of the molecule is CNCc1c(Cl)cccc1N1CCC(C(C)O)C1. The van der Waals surface area contributed by atoms with E-state index in [0.29, 0.717) is 5.92 Å². The van der Waals surface area contributed by atoms with Gasteiger partial charge < -0.3 is 15.3 Å². The normalized spacial score (nSPS) is 21.3. The van der Waals surface area contributed by atoms with Crippen LogP contribution in [0.4, 0.5) is 5.69 Å². The minimum atomic E-state index is -0.234. The number of hydrogen-bond acceptors (Lipinski definition) is 3. The van der Waals surface area contributed by atoms with Gasteiger partial charge in [-0.05, 0) is 32.5 Å². The highest BCUT2D eigenvalue weighted by Gasteiger charge is 2.27. The fraction of sp³-hybridized carbons (Fsp3) is 0.571. The largest absolute Gasteiger partial charge is 0.393 e. The molecular formula is C14H21ClN2O. The summed E-state index contributed by atoms with van der Waals surface area (Å²) in [6.07, 6.45) is 0.810. The third kappa shape index (κ3) is 2.79. The fourth-order valence-corrected chi connectivity index (χ4v) is 2.83. The van der Waals surface area contributed by atoms with Crippen LogP contribution in [-0.4, -0.2) is 31.3 Å². The van der Waals surface area contributed by atoms with Gasteiger partial charge >= 0.3 is 0 Å². The Balaban J connectivity index is 2.21. The molecular weight excluding hydrogens is 248 g/mol. The first-order valence-electron chi connectivity index (χ1n) is 6.48. The van der Waals surface area contributed by atoms with Gasteiger partial charge in [0.1, 0.15) is 0 Å². The Kier molecular flexibility index (Phi) is 4.49. The molecule has 1 aliphatic rings. The molecule has 3 nitrogen and oxygen atoms in total. The van der Waals surface area contributed by atoms with E-state index < -0.39 is 0 Å². The van der Waals surface area contributed by atoms with Gasteiger partial charge in [-0.1, -0.05) is 17.7 Å². The maximum Gasteiger partial charge on any atom is 0.0557 e. The molecule has 18 heavy (non-hydrogen) atoms. The fourth-order valence-electron chi connectivity index (χ4n) is 2.60. The van der Waals surface area contributed by atoms with Crippen molar-refractivity contribution >= 4 is 17.3 Å². The number of nitrogens with zero attached hydrogens (tertiary/aromatic N) is 1. The third-order valence-electron chi connectivity index (χ3n) is 3.70. The van der Waals surface area contributed by atoms with E-state index in [1.165, 1.54) is 5.69 Å². The molecule has 2 atom stereocenters. The van der Waals surface area contributed by atoms with Gasteiger partial charge in [-0.3, -0.25) is 0 Å². The second kappa shape index (κ2) is 5.91. The van der Waals surface area contributed by atoms with Crippen LogP contribution < -0.4 is 10.2 Å². The average Bonchev–Trinajstić information content (AvgIpc) is 2.81. The first kappa shape index (κ1) is 13.7. The summed E-state index contributed by atoms with van der Waals surface area (Å²) in [7, 11) is 1.93. The number of benzene rings is 1. The molecule has 0 aliphatic carbocycles. The first-order chi connectivity index (χ1) is 8.63.